The number of hydrogen-bond acceptors (Lipinski definition) is 2. The maximum atomic E-state index is 12.4. The van der Waals surface area contributed by atoms with Crippen molar-refractivity contribution in [2.24, 2.45) is 0 Å². The standard InChI is InChI=1S/C22H19Cl2NOS/c23-19-12-11-18(20(24)13-19)14-25-21(26)15-27-22(16-7-3-1-4-8-16)17-9-5-2-6-10-17/h1-13,22H,14-15H2,(H,25,26). The molecular formula is C22H19Cl2NOS. The minimum Gasteiger partial charge on any atom is -0.351 e. The van der Waals surface area contributed by atoms with Crippen LogP contribution in [0.5, 0.6) is 0 Å². The number of amides is 1. The number of thioether (sulfide) groups is 1. The zero-order valence-electron chi connectivity index (χ0n) is 14.6. The summed E-state index contributed by atoms with van der Waals surface area (Å²) in [6.45, 7) is 0.386. The van der Waals surface area contributed by atoms with E-state index in [1.165, 1.54) is 11.1 Å². The molecule has 0 aliphatic rings. The molecule has 3 aromatic carbocycles. The van der Waals surface area contributed by atoms with Crippen molar-refractivity contribution in [2.45, 2.75) is 11.8 Å². The Morgan fingerprint density at radius 1 is 0.889 bits per heavy atom. The number of benzene rings is 3. The monoisotopic (exact) mass is 415 g/mol. The first-order chi connectivity index (χ1) is 13.1. The lowest BCUT2D eigenvalue weighted by Gasteiger charge is -2.17. The van der Waals surface area contributed by atoms with Crippen molar-refractivity contribution in [1.29, 1.82) is 0 Å². The first kappa shape index (κ1) is 19.8. The average molecular weight is 416 g/mol. The molecule has 3 rings (SSSR count). The van der Waals surface area contributed by atoms with Crippen molar-refractivity contribution < 1.29 is 4.79 Å². The van der Waals surface area contributed by atoms with Crippen molar-refractivity contribution in [3.63, 3.8) is 0 Å². The summed E-state index contributed by atoms with van der Waals surface area (Å²) in [4.78, 5) is 12.4. The maximum absolute atomic E-state index is 12.4. The van der Waals surface area contributed by atoms with Gasteiger partial charge in [-0.2, -0.15) is 0 Å². The Hall–Kier alpha value is -1.94. The number of hydrogen-bond donors (Lipinski definition) is 1. The molecule has 0 radical (unpaired) electrons. The highest BCUT2D eigenvalue weighted by atomic mass is 35.5. The highest BCUT2D eigenvalue weighted by molar-refractivity contribution is 8.00. The zero-order valence-corrected chi connectivity index (χ0v) is 16.9. The predicted molar refractivity (Wildman–Crippen MR) is 115 cm³/mol. The molecule has 1 N–H and O–H groups in total. The van der Waals surface area contributed by atoms with Gasteiger partial charge in [-0.05, 0) is 28.8 Å². The van der Waals surface area contributed by atoms with E-state index in [1.54, 1.807) is 23.9 Å². The van der Waals surface area contributed by atoms with Crippen molar-refractivity contribution >= 4 is 40.9 Å². The van der Waals surface area contributed by atoms with Gasteiger partial charge in [0.25, 0.3) is 0 Å². The fourth-order valence-electron chi connectivity index (χ4n) is 2.71. The first-order valence-corrected chi connectivity index (χ1v) is 10.4. The molecule has 0 atom stereocenters. The van der Waals surface area contributed by atoms with Gasteiger partial charge in [-0.3, -0.25) is 4.79 Å². The molecule has 1 amide bonds. The van der Waals surface area contributed by atoms with Gasteiger partial charge in [0.2, 0.25) is 5.91 Å². The highest BCUT2D eigenvalue weighted by Crippen LogP contribution is 2.35. The molecule has 0 aromatic heterocycles. The van der Waals surface area contributed by atoms with Crippen LogP contribution < -0.4 is 5.32 Å². The predicted octanol–water partition coefficient (Wildman–Crippen LogP) is 6.13. The van der Waals surface area contributed by atoms with E-state index in [0.717, 1.165) is 5.56 Å². The summed E-state index contributed by atoms with van der Waals surface area (Å²) in [5.41, 5.74) is 3.21. The van der Waals surface area contributed by atoms with Crippen LogP contribution in [0.15, 0.2) is 78.9 Å². The molecular weight excluding hydrogens is 397 g/mol. The van der Waals surface area contributed by atoms with Gasteiger partial charge >= 0.3 is 0 Å². The second kappa shape index (κ2) is 9.84. The molecule has 0 aliphatic carbocycles. The normalized spacial score (nSPS) is 10.8. The quantitative estimate of drug-likeness (QED) is 0.502. The molecule has 3 aromatic rings. The van der Waals surface area contributed by atoms with Crippen LogP contribution in [-0.2, 0) is 11.3 Å². The van der Waals surface area contributed by atoms with Crippen molar-refractivity contribution in [3.05, 3.63) is 106 Å². The molecule has 5 heteroatoms. The minimum atomic E-state index is -0.0251. The fourth-order valence-corrected chi connectivity index (χ4v) is 4.30. The van der Waals surface area contributed by atoms with Crippen molar-refractivity contribution in [2.75, 3.05) is 5.75 Å². The molecule has 0 bridgehead atoms. The first-order valence-electron chi connectivity index (χ1n) is 8.55. The van der Waals surface area contributed by atoms with Gasteiger partial charge in [0.1, 0.15) is 0 Å². The van der Waals surface area contributed by atoms with Crippen LogP contribution in [0.25, 0.3) is 0 Å². The second-order valence-electron chi connectivity index (χ2n) is 6.02. The van der Waals surface area contributed by atoms with Gasteiger partial charge in [0, 0.05) is 16.6 Å². The van der Waals surface area contributed by atoms with E-state index in [9.17, 15) is 4.79 Å². The molecule has 27 heavy (non-hydrogen) atoms. The number of carbonyl (C=O) groups excluding carboxylic acids is 1. The van der Waals surface area contributed by atoms with Crippen LogP contribution in [0.1, 0.15) is 21.9 Å². The molecule has 138 valence electrons. The topological polar surface area (TPSA) is 29.1 Å². The van der Waals surface area contributed by atoms with Gasteiger partial charge in [-0.25, -0.2) is 0 Å². The average Bonchev–Trinajstić information content (AvgIpc) is 2.69. The largest absolute Gasteiger partial charge is 0.351 e. The summed E-state index contributed by atoms with van der Waals surface area (Å²) >= 11 is 13.7. The molecule has 0 saturated heterocycles. The second-order valence-corrected chi connectivity index (χ2v) is 7.96. The summed E-state index contributed by atoms with van der Waals surface area (Å²) in [7, 11) is 0. The Balaban J connectivity index is 1.62. The molecule has 0 saturated carbocycles. The summed E-state index contributed by atoms with van der Waals surface area (Å²) in [6, 6.07) is 25.7. The van der Waals surface area contributed by atoms with E-state index in [0.29, 0.717) is 22.3 Å². The van der Waals surface area contributed by atoms with Crippen LogP contribution in [-0.4, -0.2) is 11.7 Å². The number of halogens is 2. The van der Waals surface area contributed by atoms with Gasteiger partial charge in [-0.1, -0.05) is 89.9 Å². The molecule has 2 nitrogen and oxygen atoms in total. The van der Waals surface area contributed by atoms with Crippen molar-refractivity contribution in [3.8, 4) is 0 Å². The SMILES string of the molecule is O=C(CSC(c1ccccc1)c1ccccc1)NCc1ccc(Cl)cc1Cl. The number of nitrogens with one attached hydrogen (secondary N) is 1. The third-order valence-electron chi connectivity index (χ3n) is 4.08. The van der Waals surface area contributed by atoms with E-state index in [-0.39, 0.29) is 11.2 Å². The Morgan fingerprint density at radius 3 is 2.04 bits per heavy atom. The molecule has 0 heterocycles. The smallest absolute Gasteiger partial charge is 0.230 e. The Kier molecular flexibility index (Phi) is 7.22. The highest BCUT2D eigenvalue weighted by Gasteiger charge is 2.16. The summed E-state index contributed by atoms with van der Waals surface area (Å²) in [6.07, 6.45) is 0. The van der Waals surface area contributed by atoms with Gasteiger partial charge in [0.05, 0.1) is 11.0 Å². The zero-order chi connectivity index (χ0) is 19.1. The van der Waals surface area contributed by atoms with Gasteiger partial charge < -0.3 is 5.32 Å². The lowest BCUT2D eigenvalue weighted by atomic mass is 10.0. The summed E-state index contributed by atoms with van der Waals surface area (Å²) in [5.74, 6) is 0.336. The lowest BCUT2D eigenvalue weighted by Crippen LogP contribution is -2.25. The van der Waals surface area contributed by atoms with Gasteiger partial charge in [0.15, 0.2) is 0 Å². The van der Waals surface area contributed by atoms with E-state index >= 15 is 0 Å². The summed E-state index contributed by atoms with van der Waals surface area (Å²) in [5, 5.41) is 4.18. The number of carbonyl (C=O) groups is 1. The van der Waals surface area contributed by atoms with Crippen LogP contribution in [0.2, 0.25) is 10.0 Å². The summed E-state index contributed by atoms with van der Waals surface area (Å²) < 4.78 is 0. The third kappa shape index (κ3) is 5.77. The Bertz CT molecular complexity index is 848. The van der Waals surface area contributed by atoms with E-state index < -0.39 is 0 Å². The van der Waals surface area contributed by atoms with Crippen LogP contribution >= 0.6 is 35.0 Å². The van der Waals surface area contributed by atoms with Crippen LogP contribution in [0, 0.1) is 0 Å². The van der Waals surface area contributed by atoms with Crippen LogP contribution in [0.3, 0.4) is 0 Å². The minimum absolute atomic E-state index is 0.0251. The number of rotatable bonds is 7. The third-order valence-corrected chi connectivity index (χ3v) is 5.97. The Labute approximate surface area is 173 Å². The Morgan fingerprint density at radius 2 is 1.48 bits per heavy atom. The van der Waals surface area contributed by atoms with E-state index in [4.69, 9.17) is 23.2 Å². The van der Waals surface area contributed by atoms with E-state index in [1.807, 2.05) is 42.5 Å². The van der Waals surface area contributed by atoms with Crippen molar-refractivity contribution in [1.82, 2.24) is 5.32 Å². The molecule has 0 aliphatic heterocycles. The van der Waals surface area contributed by atoms with Crippen LogP contribution in [0.4, 0.5) is 0 Å². The maximum Gasteiger partial charge on any atom is 0.230 e. The molecule has 0 unspecified atom stereocenters. The molecule has 0 spiro atoms. The van der Waals surface area contributed by atoms with Gasteiger partial charge in [-0.15, -0.1) is 11.8 Å². The molecule has 0 fully saturated rings. The lowest BCUT2D eigenvalue weighted by molar-refractivity contribution is -0.118. The fraction of sp³-hybridized carbons (Fsp3) is 0.136. The van der Waals surface area contributed by atoms with E-state index in [2.05, 4.69) is 29.6 Å².